The van der Waals surface area contributed by atoms with Crippen LogP contribution in [0.4, 0.5) is 11.8 Å². The number of morpholine rings is 1. The number of hydrogen-bond donors (Lipinski definition) is 2. The molecule has 3 N–H and O–H groups in total. The maximum Gasteiger partial charge on any atom is 0.219 e. The van der Waals surface area contributed by atoms with Gasteiger partial charge in [0.25, 0.3) is 0 Å². The third-order valence-corrected chi connectivity index (χ3v) is 4.05. The molecule has 1 fully saturated rings. The fourth-order valence-electron chi connectivity index (χ4n) is 2.75. The predicted molar refractivity (Wildman–Crippen MR) is 90.7 cm³/mol. The minimum Gasteiger partial charge on any atom is -0.378 e. The van der Waals surface area contributed by atoms with Crippen LogP contribution >= 0.6 is 0 Å². The summed E-state index contributed by atoms with van der Waals surface area (Å²) >= 11 is 0. The summed E-state index contributed by atoms with van der Waals surface area (Å²) in [5, 5.41) is 10.00. The van der Waals surface area contributed by atoms with E-state index in [1.807, 2.05) is 0 Å². The molecule has 1 aliphatic heterocycles. The minimum atomic E-state index is -0.757. The molecule has 0 bridgehead atoms. The molecule has 130 valence electrons. The van der Waals surface area contributed by atoms with Gasteiger partial charge in [-0.3, -0.25) is 4.57 Å². The van der Waals surface area contributed by atoms with Crippen LogP contribution in [0.1, 0.15) is 13.2 Å². The van der Waals surface area contributed by atoms with Gasteiger partial charge in [-0.15, -0.1) is 0 Å². The van der Waals surface area contributed by atoms with Crippen molar-refractivity contribution in [2.75, 3.05) is 36.9 Å². The largest absolute Gasteiger partial charge is 0.378 e. The van der Waals surface area contributed by atoms with Crippen LogP contribution in [0, 0.1) is 0 Å². The third kappa shape index (κ3) is 2.85. The number of ether oxygens (including phenoxy) is 1. The highest BCUT2D eigenvalue weighted by molar-refractivity contribution is 5.85. The Hall–Kier alpha value is -2.85. The van der Waals surface area contributed by atoms with Gasteiger partial charge in [-0.25, -0.2) is 24.9 Å². The molecule has 0 amide bonds. The number of nitrogen functional groups attached to an aromatic ring is 1. The van der Waals surface area contributed by atoms with Crippen molar-refractivity contribution >= 4 is 22.9 Å². The van der Waals surface area contributed by atoms with Crippen molar-refractivity contribution in [3.63, 3.8) is 0 Å². The van der Waals surface area contributed by atoms with Crippen molar-refractivity contribution in [2.24, 2.45) is 0 Å². The Morgan fingerprint density at radius 3 is 2.56 bits per heavy atom. The summed E-state index contributed by atoms with van der Waals surface area (Å²) in [5.74, 6) is 1.35. The van der Waals surface area contributed by atoms with Crippen molar-refractivity contribution in [1.82, 2.24) is 29.5 Å². The van der Waals surface area contributed by atoms with E-state index in [9.17, 15) is 5.11 Å². The number of nitrogens with zero attached hydrogens (tertiary/aromatic N) is 7. The maximum atomic E-state index is 10.00. The van der Waals surface area contributed by atoms with E-state index in [0.717, 1.165) is 0 Å². The van der Waals surface area contributed by atoms with Crippen LogP contribution in [0.2, 0.25) is 0 Å². The molecule has 1 unspecified atom stereocenters. The van der Waals surface area contributed by atoms with Crippen molar-refractivity contribution in [2.45, 2.75) is 13.2 Å². The summed E-state index contributed by atoms with van der Waals surface area (Å²) in [6, 6.07) is 0. The smallest absolute Gasteiger partial charge is 0.219 e. The fourth-order valence-corrected chi connectivity index (χ4v) is 2.75. The van der Waals surface area contributed by atoms with E-state index in [4.69, 9.17) is 10.5 Å². The van der Waals surface area contributed by atoms with E-state index in [1.54, 1.807) is 30.2 Å². The Balaban J connectivity index is 1.90. The van der Waals surface area contributed by atoms with E-state index in [2.05, 4.69) is 29.8 Å². The lowest BCUT2D eigenvalue weighted by Crippen LogP contribution is -2.37. The number of hydrogen-bond acceptors (Lipinski definition) is 9. The summed E-state index contributed by atoms with van der Waals surface area (Å²) < 4.78 is 7.02. The second kappa shape index (κ2) is 6.22. The highest BCUT2D eigenvalue weighted by Crippen LogP contribution is 2.28. The van der Waals surface area contributed by atoms with Gasteiger partial charge in [-0.2, -0.15) is 0 Å². The second-order valence-electron chi connectivity index (χ2n) is 5.76. The lowest BCUT2D eigenvalue weighted by atomic mass is 10.3. The van der Waals surface area contributed by atoms with Gasteiger partial charge < -0.3 is 20.5 Å². The van der Waals surface area contributed by atoms with Crippen molar-refractivity contribution in [3.05, 3.63) is 18.7 Å². The van der Waals surface area contributed by atoms with Gasteiger partial charge in [-0.1, -0.05) is 0 Å². The number of aliphatic hydroxyl groups is 1. The zero-order chi connectivity index (χ0) is 17.4. The first-order chi connectivity index (χ1) is 12.1. The summed E-state index contributed by atoms with van der Waals surface area (Å²) in [4.78, 5) is 23.8. The van der Waals surface area contributed by atoms with Crippen LogP contribution in [0.3, 0.4) is 0 Å². The molecule has 1 atom stereocenters. The first kappa shape index (κ1) is 15.7. The quantitative estimate of drug-likeness (QED) is 0.686. The molecule has 0 aliphatic carbocycles. The molecule has 25 heavy (non-hydrogen) atoms. The predicted octanol–water partition coefficient (Wildman–Crippen LogP) is 0.213. The number of aliphatic hydroxyl groups excluding tert-OH is 1. The molecule has 4 heterocycles. The van der Waals surface area contributed by atoms with Gasteiger partial charge in [0.1, 0.15) is 6.23 Å². The monoisotopic (exact) mass is 342 g/mol. The number of aromatic nitrogens is 6. The maximum absolute atomic E-state index is 10.00. The van der Waals surface area contributed by atoms with Gasteiger partial charge >= 0.3 is 0 Å². The lowest BCUT2D eigenvalue weighted by molar-refractivity contribution is 0.122. The molecule has 4 rings (SSSR count). The number of rotatable bonds is 3. The zero-order valence-electron chi connectivity index (χ0n) is 13.7. The highest BCUT2D eigenvalue weighted by Gasteiger charge is 2.22. The van der Waals surface area contributed by atoms with Crippen molar-refractivity contribution in [3.8, 4) is 11.4 Å². The Morgan fingerprint density at radius 2 is 1.88 bits per heavy atom. The number of nitrogens with two attached hydrogens (primary N) is 1. The molecule has 0 radical (unpaired) electrons. The van der Waals surface area contributed by atoms with Crippen LogP contribution in [0.15, 0.2) is 18.7 Å². The second-order valence-corrected chi connectivity index (χ2v) is 5.76. The molecule has 0 saturated carbocycles. The molecular formula is C15H18N8O2. The number of anilines is 2. The Labute approximate surface area is 143 Å². The molecular weight excluding hydrogens is 324 g/mol. The summed E-state index contributed by atoms with van der Waals surface area (Å²) in [6.07, 6.45) is 3.97. The number of imidazole rings is 1. The first-order valence-electron chi connectivity index (χ1n) is 7.96. The zero-order valence-corrected chi connectivity index (χ0v) is 13.7. The normalized spacial score (nSPS) is 16.3. The molecule has 1 saturated heterocycles. The molecule has 3 aromatic rings. The molecule has 10 nitrogen and oxygen atoms in total. The summed E-state index contributed by atoms with van der Waals surface area (Å²) in [6.45, 7) is 4.34. The van der Waals surface area contributed by atoms with Crippen molar-refractivity contribution in [1.29, 1.82) is 0 Å². The van der Waals surface area contributed by atoms with Crippen LogP contribution < -0.4 is 10.6 Å². The first-order valence-corrected chi connectivity index (χ1v) is 7.96. The van der Waals surface area contributed by atoms with Gasteiger partial charge in [0.2, 0.25) is 5.95 Å². The van der Waals surface area contributed by atoms with Gasteiger partial charge in [0.15, 0.2) is 22.8 Å². The Kier molecular flexibility index (Phi) is 3.90. The fraction of sp³-hybridized carbons (Fsp3) is 0.400. The van der Waals surface area contributed by atoms with E-state index in [0.29, 0.717) is 54.7 Å². The van der Waals surface area contributed by atoms with Gasteiger partial charge in [0, 0.05) is 25.5 Å². The summed E-state index contributed by atoms with van der Waals surface area (Å²) in [5.41, 5.74) is 7.40. The van der Waals surface area contributed by atoms with Crippen LogP contribution in [-0.2, 0) is 4.74 Å². The van der Waals surface area contributed by atoms with Crippen molar-refractivity contribution < 1.29 is 9.84 Å². The standard InChI is InChI=1S/C15H18N8O2/c1-9(24)23-8-19-11-13(22-2-4-25-5-3-22)20-12(21-14(11)23)10-6-17-15(16)18-7-10/h6-9,24H,2-5H2,1H3,(H2,16,17,18). The average Bonchev–Trinajstić information content (AvgIpc) is 3.06. The highest BCUT2D eigenvalue weighted by atomic mass is 16.5. The molecule has 10 heteroatoms. The molecule has 1 aliphatic rings. The molecule has 3 aromatic heterocycles. The molecule has 0 spiro atoms. The molecule has 0 aromatic carbocycles. The van der Waals surface area contributed by atoms with Gasteiger partial charge in [-0.05, 0) is 6.92 Å². The van der Waals surface area contributed by atoms with E-state index in [-0.39, 0.29) is 5.95 Å². The Bertz CT molecular complexity index is 886. The topological polar surface area (TPSA) is 128 Å². The minimum absolute atomic E-state index is 0.187. The number of fused-ring (bicyclic) bond motifs is 1. The third-order valence-electron chi connectivity index (χ3n) is 4.05. The lowest BCUT2D eigenvalue weighted by Gasteiger charge is -2.28. The van der Waals surface area contributed by atoms with E-state index < -0.39 is 6.23 Å². The van der Waals surface area contributed by atoms with E-state index in [1.165, 1.54) is 0 Å². The SMILES string of the molecule is CC(O)n1cnc2c(N3CCOCC3)nc(-c3cnc(N)nc3)nc21. The average molecular weight is 342 g/mol. The van der Waals surface area contributed by atoms with E-state index >= 15 is 0 Å². The van der Waals surface area contributed by atoms with Gasteiger partial charge in [0.05, 0.1) is 25.1 Å². The van der Waals surface area contributed by atoms with Crippen LogP contribution in [-0.4, -0.2) is 60.9 Å². The Morgan fingerprint density at radius 1 is 1.16 bits per heavy atom. The summed E-state index contributed by atoms with van der Waals surface area (Å²) in [7, 11) is 0. The van der Waals surface area contributed by atoms with Crippen LogP contribution in [0.5, 0.6) is 0 Å². The van der Waals surface area contributed by atoms with Crippen LogP contribution in [0.25, 0.3) is 22.6 Å².